The van der Waals surface area contributed by atoms with Gasteiger partial charge >= 0.3 is 0 Å². The van der Waals surface area contributed by atoms with Crippen molar-refractivity contribution in [1.82, 2.24) is 4.90 Å². The molecule has 0 aliphatic rings. The van der Waals surface area contributed by atoms with Gasteiger partial charge < -0.3 is 4.90 Å². The van der Waals surface area contributed by atoms with Gasteiger partial charge in [-0.05, 0) is 41.9 Å². The molecule has 1 rings (SSSR count). The fraction of sp³-hybridized carbons (Fsp3) is 0.640. The van der Waals surface area contributed by atoms with E-state index in [0.29, 0.717) is 18.7 Å². The molecule has 1 aromatic rings. The first-order valence-corrected chi connectivity index (χ1v) is 10.7. The van der Waals surface area contributed by atoms with E-state index in [0.717, 1.165) is 0 Å². The zero-order chi connectivity index (χ0) is 20.3. The number of likely N-dealkylation sites (N-methyl/N-ethyl adjacent to an activating group) is 1. The van der Waals surface area contributed by atoms with Crippen LogP contribution in [0, 0.1) is 5.41 Å². The Kier molecular flexibility index (Phi) is 10.4. The normalized spacial score (nSPS) is 12.3. The number of hydrogen-bond donors (Lipinski definition) is 0. The molecule has 0 spiro atoms. The van der Waals surface area contributed by atoms with Crippen molar-refractivity contribution in [2.24, 2.45) is 5.41 Å². The van der Waals surface area contributed by atoms with Gasteiger partial charge in [-0.15, -0.1) is 0 Å². The van der Waals surface area contributed by atoms with Gasteiger partial charge in [0.1, 0.15) is 0 Å². The van der Waals surface area contributed by atoms with Crippen molar-refractivity contribution in [1.29, 1.82) is 0 Å². The van der Waals surface area contributed by atoms with Crippen LogP contribution in [0.3, 0.4) is 0 Å². The topological polar surface area (TPSA) is 20.3 Å². The molecule has 0 aliphatic carbocycles. The smallest absolute Gasteiger partial charge is 0.152 e. The molecule has 0 atom stereocenters. The third kappa shape index (κ3) is 11.0. The average Bonchev–Trinajstić information content (AvgIpc) is 2.56. The van der Waals surface area contributed by atoms with Crippen LogP contribution in [0.5, 0.6) is 0 Å². The van der Waals surface area contributed by atoms with Crippen molar-refractivity contribution in [3.8, 4) is 0 Å². The lowest BCUT2D eigenvalue weighted by molar-refractivity contribution is -0.121. The molecule has 0 amide bonds. The highest BCUT2D eigenvalue weighted by Gasteiger charge is 2.16. The molecule has 0 saturated carbocycles. The van der Waals surface area contributed by atoms with Gasteiger partial charge in [0.25, 0.3) is 0 Å². The van der Waals surface area contributed by atoms with Crippen LogP contribution in [0.2, 0.25) is 0 Å². The average molecular weight is 372 g/mol. The van der Waals surface area contributed by atoms with E-state index >= 15 is 0 Å². The summed E-state index contributed by atoms with van der Waals surface area (Å²) in [6, 6.07) is 8.93. The minimum Gasteiger partial charge on any atom is -0.373 e. The zero-order valence-electron chi connectivity index (χ0n) is 18.6. The lowest BCUT2D eigenvalue weighted by Gasteiger charge is -2.20. The van der Waals surface area contributed by atoms with E-state index in [2.05, 4.69) is 65.1 Å². The highest BCUT2D eigenvalue weighted by molar-refractivity contribution is 5.81. The summed E-state index contributed by atoms with van der Waals surface area (Å²) in [6.45, 7) is 11.2. The number of carbonyl (C=O) groups excluding carboxylic acids is 1. The highest BCUT2D eigenvalue weighted by atomic mass is 16.1. The van der Waals surface area contributed by atoms with E-state index in [1.165, 1.54) is 61.6 Å². The number of aryl methyl sites for hydroxylation is 1. The Morgan fingerprint density at radius 1 is 1.00 bits per heavy atom. The summed E-state index contributed by atoms with van der Waals surface area (Å²) in [5.74, 6) is 0.295. The number of carbonyl (C=O) groups is 1. The third-order valence-corrected chi connectivity index (χ3v) is 4.80. The summed E-state index contributed by atoms with van der Waals surface area (Å²) in [6.07, 6.45) is 12.0. The number of benzene rings is 1. The van der Waals surface area contributed by atoms with E-state index in [9.17, 15) is 4.79 Å². The van der Waals surface area contributed by atoms with Gasteiger partial charge in [-0.25, -0.2) is 0 Å². The van der Waals surface area contributed by atoms with Crippen LogP contribution in [0.15, 0.2) is 30.5 Å². The zero-order valence-corrected chi connectivity index (χ0v) is 18.6. The first-order valence-electron chi connectivity index (χ1n) is 10.7. The van der Waals surface area contributed by atoms with Gasteiger partial charge in [-0.3, -0.25) is 4.79 Å². The third-order valence-electron chi connectivity index (χ3n) is 4.80. The summed E-state index contributed by atoms with van der Waals surface area (Å²) >= 11 is 0. The predicted molar refractivity (Wildman–Crippen MR) is 119 cm³/mol. The number of nitrogens with zero attached hydrogens (tertiary/aromatic N) is 1. The van der Waals surface area contributed by atoms with Gasteiger partial charge in [0, 0.05) is 19.7 Å². The molecule has 27 heavy (non-hydrogen) atoms. The maximum atomic E-state index is 12.1. The Bertz CT molecular complexity index is 577. The number of allylic oxidation sites excluding steroid dienone is 1. The molecule has 0 unspecified atom stereocenters. The number of hydrogen-bond acceptors (Lipinski definition) is 2. The van der Waals surface area contributed by atoms with E-state index in [1.807, 2.05) is 11.9 Å². The SMILES string of the molecule is CCCCCCCCc1ccc(/C(C)=C/N(C)CC(=O)CC(C)(C)C)cc1. The van der Waals surface area contributed by atoms with E-state index in [-0.39, 0.29) is 5.41 Å². The second-order valence-electron chi connectivity index (χ2n) is 9.22. The van der Waals surface area contributed by atoms with Crippen LogP contribution < -0.4 is 0 Å². The number of rotatable bonds is 12. The number of unbranched alkanes of at least 4 members (excludes halogenated alkanes) is 5. The molecule has 152 valence electrons. The van der Waals surface area contributed by atoms with Gasteiger partial charge in [0.05, 0.1) is 6.54 Å². The molecule has 0 radical (unpaired) electrons. The van der Waals surface area contributed by atoms with Crippen LogP contribution in [0.25, 0.3) is 5.57 Å². The quantitative estimate of drug-likeness (QED) is 0.373. The lowest BCUT2D eigenvalue weighted by Crippen LogP contribution is -2.24. The van der Waals surface area contributed by atoms with Crippen molar-refractivity contribution in [3.63, 3.8) is 0 Å². The summed E-state index contributed by atoms with van der Waals surface area (Å²) in [5, 5.41) is 0. The second-order valence-corrected chi connectivity index (χ2v) is 9.22. The molecular weight excluding hydrogens is 330 g/mol. The lowest BCUT2D eigenvalue weighted by atomic mass is 9.90. The van der Waals surface area contributed by atoms with Crippen molar-refractivity contribution in [3.05, 3.63) is 41.6 Å². The molecule has 2 nitrogen and oxygen atoms in total. The Balaban J connectivity index is 2.47. The van der Waals surface area contributed by atoms with Gasteiger partial charge in [-0.1, -0.05) is 84.1 Å². The van der Waals surface area contributed by atoms with E-state index in [1.54, 1.807) is 0 Å². The fourth-order valence-electron chi connectivity index (χ4n) is 3.42. The second kappa shape index (κ2) is 12.0. The van der Waals surface area contributed by atoms with Crippen LogP contribution >= 0.6 is 0 Å². The van der Waals surface area contributed by atoms with Crippen molar-refractivity contribution in [2.75, 3.05) is 13.6 Å². The van der Waals surface area contributed by atoms with Gasteiger partial charge in [0.15, 0.2) is 5.78 Å². The molecule has 2 heteroatoms. The predicted octanol–water partition coefficient (Wildman–Crippen LogP) is 6.89. The molecule has 0 aromatic heterocycles. The Morgan fingerprint density at radius 3 is 2.19 bits per heavy atom. The summed E-state index contributed by atoms with van der Waals surface area (Å²) < 4.78 is 0. The van der Waals surface area contributed by atoms with Crippen molar-refractivity contribution < 1.29 is 4.79 Å². The fourth-order valence-corrected chi connectivity index (χ4v) is 3.42. The first-order chi connectivity index (χ1) is 12.7. The van der Waals surface area contributed by atoms with E-state index in [4.69, 9.17) is 0 Å². The molecular formula is C25H41NO. The Hall–Kier alpha value is -1.57. The summed E-state index contributed by atoms with van der Waals surface area (Å²) in [5.41, 5.74) is 3.92. The molecule has 0 N–H and O–H groups in total. The highest BCUT2D eigenvalue weighted by Crippen LogP contribution is 2.20. The number of Topliss-reactive ketones (excluding diaryl/α,β-unsaturated/α-hetero) is 1. The Morgan fingerprint density at radius 2 is 1.59 bits per heavy atom. The van der Waals surface area contributed by atoms with Crippen LogP contribution in [0.4, 0.5) is 0 Å². The summed E-state index contributed by atoms with van der Waals surface area (Å²) in [4.78, 5) is 14.2. The molecule has 0 saturated heterocycles. The molecule has 0 heterocycles. The molecule has 0 aliphatic heterocycles. The molecule has 1 aromatic carbocycles. The van der Waals surface area contributed by atoms with Crippen molar-refractivity contribution in [2.45, 2.75) is 86.0 Å². The van der Waals surface area contributed by atoms with Crippen LogP contribution in [0.1, 0.15) is 90.7 Å². The molecule has 0 bridgehead atoms. The Labute approximate surface area is 168 Å². The van der Waals surface area contributed by atoms with Gasteiger partial charge in [-0.2, -0.15) is 0 Å². The van der Waals surface area contributed by atoms with Crippen LogP contribution in [-0.4, -0.2) is 24.3 Å². The van der Waals surface area contributed by atoms with E-state index < -0.39 is 0 Å². The minimum absolute atomic E-state index is 0.0580. The summed E-state index contributed by atoms with van der Waals surface area (Å²) in [7, 11) is 1.98. The maximum Gasteiger partial charge on any atom is 0.152 e. The maximum absolute atomic E-state index is 12.1. The standard InChI is InChI=1S/C25H41NO/c1-7-8-9-10-11-12-13-22-14-16-23(17-15-22)21(2)19-26(6)20-24(27)18-25(3,4)5/h14-17,19H,7-13,18,20H2,1-6H3/b21-19+. The van der Waals surface area contributed by atoms with Crippen molar-refractivity contribution >= 4 is 11.4 Å². The first kappa shape index (κ1) is 23.5. The number of ketones is 1. The largest absolute Gasteiger partial charge is 0.373 e. The minimum atomic E-state index is 0.0580. The van der Waals surface area contributed by atoms with Crippen LogP contribution in [-0.2, 0) is 11.2 Å². The molecule has 0 fully saturated rings. The van der Waals surface area contributed by atoms with Gasteiger partial charge in [0.2, 0.25) is 0 Å². The monoisotopic (exact) mass is 371 g/mol.